The van der Waals surface area contributed by atoms with Crippen LogP contribution in [0.1, 0.15) is 42.5 Å². The Balaban J connectivity index is 1.75. The summed E-state index contributed by atoms with van der Waals surface area (Å²) in [5.41, 5.74) is 2.70. The number of carbonyl (C=O) groups is 1. The number of amides is 1. The molecule has 8 heteroatoms. The first-order chi connectivity index (χ1) is 15.2. The lowest BCUT2D eigenvalue weighted by Crippen LogP contribution is -2.30. The monoisotopic (exact) mass is 455 g/mol. The average Bonchev–Trinajstić information content (AvgIpc) is 3.28. The maximum atomic E-state index is 12.9. The lowest BCUT2D eigenvalue weighted by molar-refractivity contribution is 0.102. The maximum Gasteiger partial charge on any atom is 0.255 e. The smallest absolute Gasteiger partial charge is 0.255 e. The van der Waals surface area contributed by atoms with Gasteiger partial charge in [0.1, 0.15) is 5.76 Å². The van der Waals surface area contributed by atoms with Crippen molar-refractivity contribution in [1.29, 1.82) is 0 Å². The van der Waals surface area contributed by atoms with Gasteiger partial charge in [-0.15, -0.1) is 0 Å². The normalized spacial score (nSPS) is 11.5. The molecule has 1 amide bonds. The Morgan fingerprint density at radius 3 is 2.41 bits per heavy atom. The number of aryl methyl sites for hydroxylation is 1. The number of benzene rings is 2. The quantitative estimate of drug-likeness (QED) is 0.494. The molecule has 0 aliphatic heterocycles. The summed E-state index contributed by atoms with van der Waals surface area (Å²) in [5, 5.41) is 2.86. The first-order valence-electron chi connectivity index (χ1n) is 10.5. The number of nitrogens with one attached hydrogen (secondary N) is 2. The number of rotatable bonds is 9. The number of sulfonamides is 1. The zero-order valence-electron chi connectivity index (χ0n) is 18.8. The summed E-state index contributed by atoms with van der Waals surface area (Å²) in [7, 11) is -3.80. The maximum absolute atomic E-state index is 12.9. The molecule has 0 fully saturated rings. The van der Waals surface area contributed by atoms with Crippen molar-refractivity contribution in [3.05, 3.63) is 77.7 Å². The van der Waals surface area contributed by atoms with Gasteiger partial charge in [0.25, 0.3) is 5.91 Å². The van der Waals surface area contributed by atoms with E-state index < -0.39 is 10.0 Å². The SMILES string of the molecule is CCN(c1ccc(NC(=O)c2cc(S(=O)(=O)NCc3ccco3)ccc2C)cc1)C(C)C. The highest BCUT2D eigenvalue weighted by Crippen LogP contribution is 2.22. The van der Waals surface area contributed by atoms with E-state index in [4.69, 9.17) is 4.42 Å². The summed E-state index contributed by atoms with van der Waals surface area (Å²) in [5.74, 6) is 0.135. The predicted molar refractivity (Wildman–Crippen MR) is 126 cm³/mol. The van der Waals surface area contributed by atoms with Gasteiger partial charge in [0.2, 0.25) is 10.0 Å². The highest BCUT2D eigenvalue weighted by molar-refractivity contribution is 7.89. The molecule has 0 aliphatic rings. The molecular weight excluding hydrogens is 426 g/mol. The van der Waals surface area contributed by atoms with E-state index in [1.54, 1.807) is 25.1 Å². The molecule has 2 N–H and O–H groups in total. The van der Waals surface area contributed by atoms with E-state index in [-0.39, 0.29) is 17.3 Å². The lowest BCUT2D eigenvalue weighted by Gasteiger charge is -2.27. The van der Waals surface area contributed by atoms with Crippen molar-refractivity contribution < 1.29 is 17.6 Å². The summed E-state index contributed by atoms with van der Waals surface area (Å²) < 4.78 is 33.0. The summed E-state index contributed by atoms with van der Waals surface area (Å²) >= 11 is 0. The van der Waals surface area contributed by atoms with Crippen molar-refractivity contribution in [1.82, 2.24) is 4.72 Å². The van der Waals surface area contributed by atoms with Crippen molar-refractivity contribution in [2.24, 2.45) is 0 Å². The molecule has 0 spiro atoms. The van der Waals surface area contributed by atoms with Gasteiger partial charge in [-0.3, -0.25) is 4.79 Å². The van der Waals surface area contributed by atoms with Crippen LogP contribution in [0.2, 0.25) is 0 Å². The number of hydrogen-bond acceptors (Lipinski definition) is 5. The second kappa shape index (κ2) is 10.0. The van der Waals surface area contributed by atoms with Crippen LogP contribution in [0, 0.1) is 6.92 Å². The van der Waals surface area contributed by atoms with Gasteiger partial charge in [0, 0.05) is 29.5 Å². The first kappa shape index (κ1) is 23.6. The number of nitrogens with zero attached hydrogens (tertiary/aromatic N) is 1. The van der Waals surface area contributed by atoms with Crippen LogP contribution in [0.15, 0.2) is 70.2 Å². The molecule has 0 aliphatic carbocycles. The fourth-order valence-corrected chi connectivity index (χ4v) is 4.48. The molecule has 170 valence electrons. The zero-order valence-corrected chi connectivity index (χ0v) is 19.6. The number of anilines is 2. The topological polar surface area (TPSA) is 91.7 Å². The Morgan fingerprint density at radius 2 is 1.81 bits per heavy atom. The van der Waals surface area contributed by atoms with E-state index in [0.29, 0.717) is 28.6 Å². The van der Waals surface area contributed by atoms with E-state index in [1.165, 1.54) is 18.4 Å². The van der Waals surface area contributed by atoms with Gasteiger partial charge < -0.3 is 14.6 Å². The highest BCUT2D eigenvalue weighted by Gasteiger charge is 2.19. The third-order valence-corrected chi connectivity index (χ3v) is 6.60. The lowest BCUT2D eigenvalue weighted by atomic mass is 10.1. The summed E-state index contributed by atoms with van der Waals surface area (Å²) in [6.45, 7) is 9.05. The molecule has 0 bridgehead atoms. The molecule has 3 rings (SSSR count). The molecule has 0 saturated carbocycles. The van der Waals surface area contributed by atoms with E-state index in [9.17, 15) is 13.2 Å². The van der Waals surface area contributed by atoms with Gasteiger partial charge in [-0.25, -0.2) is 13.1 Å². The Labute approximate surface area is 189 Å². The van der Waals surface area contributed by atoms with Crippen molar-refractivity contribution in [2.45, 2.75) is 45.2 Å². The van der Waals surface area contributed by atoms with Crippen LogP contribution in [0.25, 0.3) is 0 Å². The predicted octanol–water partition coefficient (Wildman–Crippen LogP) is 4.55. The molecule has 0 saturated heterocycles. The van der Waals surface area contributed by atoms with E-state index in [0.717, 1.165) is 12.2 Å². The minimum Gasteiger partial charge on any atom is -0.468 e. The summed E-state index contributed by atoms with van der Waals surface area (Å²) in [6, 6.07) is 15.9. The summed E-state index contributed by atoms with van der Waals surface area (Å²) in [6.07, 6.45) is 1.48. The average molecular weight is 456 g/mol. The first-order valence-corrected chi connectivity index (χ1v) is 12.0. The zero-order chi connectivity index (χ0) is 23.3. The summed E-state index contributed by atoms with van der Waals surface area (Å²) in [4.78, 5) is 15.2. The van der Waals surface area contributed by atoms with Crippen LogP contribution in [0.4, 0.5) is 11.4 Å². The molecule has 1 heterocycles. The third kappa shape index (κ3) is 5.57. The van der Waals surface area contributed by atoms with Crippen molar-refractivity contribution in [3.63, 3.8) is 0 Å². The Morgan fingerprint density at radius 1 is 1.09 bits per heavy atom. The van der Waals surface area contributed by atoms with Crippen molar-refractivity contribution in [2.75, 3.05) is 16.8 Å². The highest BCUT2D eigenvalue weighted by atomic mass is 32.2. The minimum atomic E-state index is -3.80. The van der Waals surface area contributed by atoms with Crippen LogP contribution < -0.4 is 14.9 Å². The molecular formula is C24H29N3O4S. The van der Waals surface area contributed by atoms with Crippen LogP contribution in [0.5, 0.6) is 0 Å². The van der Waals surface area contributed by atoms with Gasteiger partial charge in [-0.2, -0.15) is 0 Å². The molecule has 2 aromatic carbocycles. The number of carbonyl (C=O) groups excluding carboxylic acids is 1. The Hall–Kier alpha value is -3.10. The standard InChI is InChI=1S/C24H29N3O4S/c1-5-27(17(2)3)20-11-9-19(10-12-20)26-24(28)23-15-22(13-8-18(23)4)32(29,30)25-16-21-7-6-14-31-21/h6-15,17,25H,5,16H2,1-4H3,(H,26,28). The van der Waals surface area contributed by atoms with Crippen LogP contribution in [-0.2, 0) is 16.6 Å². The number of hydrogen-bond donors (Lipinski definition) is 2. The van der Waals surface area contributed by atoms with Crippen LogP contribution >= 0.6 is 0 Å². The van der Waals surface area contributed by atoms with Crippen molar-refractivity contribution >= 4 is 27.3 Å². The molecule has 32 heavy (non-hydrogen) atoms. The van der Waals surface area contributed by atoms with Crippen LogP contribution in [0.3, 0.4) is 0 Å². The largest absolute Gasteiger partial charge is 0.468 e. The second-order valence-electron chi connectivity index (χ2n) is 7.76. The Kier molecular flexibility index (Phi) is 7.37. The molecule has 7 nitrogen and oxygen atoms in total. The van der Waals surface area contributed by atoms with Gasteiger partial charge >= 0.3 is 0 Å². The fourth-order valence-electron chi connectivity index (χ4n) is 3.46. The van der Waals surface area contributed by atoms with E-state index >= 15 is 0 Å². The molecule has 0 radical (unpaired) electrons. The van der Waals surface area contributed by atoms with Gasteiger partial charge in [0.05, 0.1) is 17.7 Å². The Bertz CT molecular complexity index is 1150. The second-order valence-corrected chi connectivity index (χ2v) is 9.53. The van der Waals surface area contributed by atoms with Gasteiger partial charge in [-0.05, 0) is 81.8 Å². The fraction of sp³-hybridized carbons (Fsp3) is 0.292. The van der Waals surface area contributed by atoms with E-state index in [1.807, 2.05) is 24.3 Å². The van der Waals surface area contributed by atoms with Gasteiger partial charge in [0.15, 0.2) is 0 Å². The molecule has 3 aromatic rings. The van der Waals surface area contributed by atoms with E-state index in [2.05, 4.69) is 35.7 Å². The van der Waals surface area contributed by atoms with Crippen molar-refractivity contribution in [3.8, 4) is 0 Å². The molecule has 1 aromatic heterocycles. The molecule has 0 atom stereocenters. The third-order valence-electron chi connectivity index (χ3n) is 5.20. The number of furan rings is 1. The molecule has 0 unspecified atom stereocenters. The minimum absolute atomic E-state index is 0.0191. The van der Waals surface area contributed by atoms with Gasteiger partial charge in [-0.1, -0.05) is 6.07 Å². The van der Waals surface area contributed by atoms with Crippen LogP contribution in [-0.4, -0.2) is 26.9 Å².